The first kappa shape index (κ1) is 16.8. The molecule has 2 N–H and O–H groups in total. The van der Waals surface area contributed by atoms with Gasteiger partial charge in [-0.15, -0.1) is 0 Å². The summed E-state index contributed by atoms with van der Waals surface area (Å²) in [6, 6.07) is 1.68. The molecule has 2 rings (SSSR count). The molecule has 1 aromatic heterocycles. The molecule has 0 spiro atoms. The molecule has 1 aromatic rings. The van der Waals surface area contributed by atoms with Crippen molar-refractivity contribution in [2.24, 2.45) is 0 Å². The van der Waals surface area contributed by atoms with Crippen molar-refractivity contribution in [2.75, 3.05) is 13.1 Å². The number of likely N-dealkylation sites (tertiary alicyclic amines) is 1. The number of hydrogen-bond donors (Lipinski definition) is 2. The van der Waals surface area contributed by atoms with Crippen molar-refractivity contribution in [1.29, 1.82) is 0 Å². The van der Waals surface area contributed by atoms with E-state index in [0.29, 0.717) is 13.1 Å². The molecule has 22 heavy (non-hydrogen) atoms. The van der Waals surface area contributed by atoms with Crippen molar-refractivity contribution < 1.29 is 9.59 Å². The smallest absolute Gasteiger partial charge is 0.318 e. The fourth-order valence-electron chi connectivity index (χ4n) is 2.66. The molecule has 6 heteroatoms. The van der Waals surface area contributed by atoms with Crippen LogP contribution in [-0.2, 0) is 4.79 Å². The summed E-state index contributed by atoms with van der Waals surface area (Å²) < 4.78 is 0. The summed E-state index contributed by atoms with van der Waals surface area (Å²) in [5.41, 5.74) is 1.24. The number of rotatable bonds is 5. The second-order valence-corrected chi connectivity index (χ2v) is 6.94. The van der Waals surface area contributed by atoms with Crippen LogP contribution in [0.4, 0.5) is 4.79 Å². The number of hydrogen-bond acceptors (Lipinski definition) is 3. The van der Waals surface area contributed by atoms with Crippen LogP contribution in [0.25, 0.3) is 0 Å². The number of thiophene rings is 1. The van der Waals surface area contributed by atoms with Crippen LogP contribution < -0.4 is 10.6 Å². The first-order valence-corrected chi connectivity index (χ1v) is 8.80. The second kappa shape index (κ2) is 7.63. The highest BCUT2D eigenvalue weighted by atomic mass is 32.1. The van der Waals surface area contributed by atoms with E-state index >= 15 is 0 Å². The van der Waals surface area contributed by atoms with E-state index in [1.165, 1.54) is 5.56 Å². The van der Waals surface area contributed by atoms with Crippen LogP contribution in [0.15, 0.2) is 16.8 Å². The highest BCUT2D eigenvalue weighted by Gasteiger charge is 2.34. The summed E-state index contributed by atoms with van der Waals surface area (Å²) in [6.45, 7) is 7.19. The molecule has 122 valence electrons. The van der Waals surface area contributed by atoms with Crippen LogP contribution in [0.1, 0.15) is 45.1 Å². The third kappa shape index (κ3) is 4.22. The molecular formula is C16H25N3O2S. The molecule has 2 heterocycles. The van der Waals surface area contributed by atoms with E-state index < -0.39 is 0 Å². The van der Waals surface area contributed by atoms with E-state index in [2.05, 4.69) is 29.0 Å². The zero-order chi connectivity index (χ0) is 16.1. The molecule has 5 nitrogen and oxygen atoms in total. The Bertz CT molecular complexity index is 501. The van der Waals surface area contributed by atoms with Crippen LogP contribution in [0.5, 0.6) is 0 Å². The summed E-state index contributed by atoms with van der Waals surface area (Å²) >= 11 is 1.66. The average Bonchev–Trinajstić information content (AvgIpc) is 3.13. The Morgan fingerprint density at radius 1 is 1.41 bits per heavy atom. The van der Waals surface area contributed by atoms with Gasteiger partial charge in [0, 0.05) is 19.1 Å². The van der Waals surface area contributed by atoms with E-state index in [9.17, 15) is 9.59 Å². The van der Waals surface area contributed by atoms with Gasteiger partial charge in [0.05, 0.1) is 0 Å². The van der Waals surface area contributed by atoms with E-state index in [-0.39, 0.29) is 29.9 Å². The van der Waals surface area contributed by atoms with Gasteiger partial charge in [-0.2, -0.15) is 11.3 Å². The Morgan fingerprint density at radius 2 is 2.18 bits per heavy atom. The first-order chi connectivity index (χ1) is 10.5. The van der Waals surface area contributed by atoms with Crippen molar-refractivity contribution in [2.45, 2.75) is 51.6 Å². The standard InChI is InChI=1S/C16H25N3O2S/c1-11(2)18-16(21)19-7-4-5-14(19)15(20)17-9-12(3)13-6-8-22-10-13/h6,8,10-12,14H,4-5,7,9H2,1-3H3,(H,17,20)(H,18,21)/t12?,14-/m0/s1. The predicted molar refractivity (Wildman–Crippen MR) is 89.1 cm³/mol. The van der Waals surface area contributed by atoms with Gasteiger partial charge in [0.25, 0.3) is 0 Å². The SMILES string of the molecule is CC(C)NC(=O)N1CCC[C@H]1C(=O)NCC(C)c1ccsc1. The Kier molecular flexibility index (Phi) is 5.83. The lowest BCUT2D eigenvalue weighted by Gasteiger charge is -2.25. The van der Waals surface area contributed by atoms with Crippen LogP contribution in [0, 0.1) is 0 Å². The van der Waals surface area contributed by atoms with Gasteiger partial charge in [-0.05, 0) is 55.0 Å². The average molecular weight is 323 g/mol. The lowest BCUT2D eigenvalue weighted by atomic mass is 10.1. The molecular weight excluding hydrogens is 298 g/mol. The van der Waals surface area contributed by atoms with Gasteiger partial charge in [-0.25, -0.2) is 4.79 Å². The summed E-state index contributed by atoms with van der Waals surface area (Å²) in [7, 11) is 0. The molecule has 2 atom stereocenters. The largest absolute Gasteiger partial charge is 0.354 e. The Morgan fingerprint density at radius 3 is 2.82 bits per heavy atom. The fraction of sp³-hybridized carbons (Fsp3) is 0.625. The van der Waals surface area contributed by atoms with Crippen LogP contribution in [-0.4, -0.2) is 42.0 Å². The van der Waals surface area contributed by atoms with E-state index in [1.54, 1.807) is 16.2 Å². The van der Waals surface area contributed by atoms with Crippen molar-refractivity contribution in [3.8, 4) is 0 Å². The van der Waals surface area contributed by atoms with Crippen LogP contribution in [0.3, 0.4) is 0 Å². The molecule has 0 aromatic carbocycles. The number of nitrogens with zero attached hydrogens (tertiary/aromatic N) is 1. The molecule has 0 aliphatic carbocycles. The predicted octanol–water partition coefficient (Wildman–Crippen LogP) is 2.55. The third-order valence-electron chi connectivity index (χ3n) is 3.92. The van der Waals surface area contributed by atoms with Crippen molar-refractivity contribution >= 4 is 23.3 Å². The molecule has 1 unspecified atom stereocenters. The maximum absolute atomic E-state index is 12.4. The van der Waals surface area contributed by atoms with Gasteiger partial charge in [-0.1, -0.05) is 6.92 Å². The molecule has 0 bridgehead atoms. The van der Waals surface area contributed by atoms with Gasteiger partial charge < -0.3 is 15.5 Å². The maximum atomic E-state index is 12.4. The minimum Gasteiger partial charge on any atom is -0.354 e. The summed E-state index contributed by atoms with van der Waals surface area (Å²) in [5.74, 6) is 0.244. The minimum atomic E-state index is -0.339. The van der Waals surface area contributed by atoms with Gasteiger partial charge in [0.1, 0.15) is 6.04 Å². The quantitative estimate of drug-likeness (QED) is 0.875. The van der Waals surface area contributed by atoms with Gasteiger partial charge in [-0.3, -0.25) is 4.79 Å². The Labute approximate surface area is 136 Å². The van der Waals surface area contributed by atoms with Crippen LogP contribution in [0.2, 0.25) is 0 Å². The number of amides is 3. The monoisotopic (exact) mass is 323 g/mol. The maximum Gasteiger partial charge on any atom is 0.318 e. The topological polar surface area (TPSA) is 61.4 Å². The van der Waals surface area contributed by atoms with Crippen molar-refractivity contribution in [3.05, 3.63) is 22.4 Å². The molecule has 1 saturated heterocycles. The van der Waals surface area contributed by atoms with Crippen molar-refractivity contribution in [1.82, 2.24) is 15.5 Å². The molecule has 0 radical (unpaired) electrons. The van der Waals surface area contributed by atoms with Gasteiger partial charge >= 0.3 is 6.03 Å². The van der Waals surface area contributed by atoms with E-state index in [0.717, 1.165) is 12.8 Å². The number of carbonyl (C=O) groups is 2. The normalized spacial score (nSPS) is 19.3. The summed E-state index contributed by atoms with van der Waals surface area (Å²) in [6.07, 6.45) is 1.62. The highest BCUT2D eigenvalue weighted by Crippen LogP contribution is 2.19. The van der Waals surface area contributed by atoms with Gasteiger partial charge in [0.15, 0.2) is 0 Å². The molecule has 1 aliphatic heterocycles. The Balaban J connectivity index is 1.87. The molecule has 1 aliphatic rings. The molecule has 0 saturated carbocycles. The molecule has 1 fully saturated rings. The summed E-state index contributed by atoms with van der Waals surface area (Å²) in [5, 5.41) is 10.0. The minimum absolute atomic E-state index is 0.0431. The summed E-state index contributed by atoms with van der Waals surface area (Å²) in [4.78, 5) is 26.2. The fourth-order valence-corrected chi connectivity index (χ4v) is 3.44. The zero-order valence-electron chi connectivity index (χ0n) is 13.5. The van der Waals surface area contributed by atoms with Crippen molar-refractivity contribution in [3.63, 3.8) is 0 Å². The van der Waals surface area contributed by atoms with E-state index in [4.69, 9.17) is 0 Å². The third-order valence-corrected chi connectivity index (χ3v) is 4.62. The zero-order valence-corrected chi connectivity index (χ0v) is 14.3. The number of carbonyl (C=O) groups excluding carboxylic acids is 2. The second-order valence-electron chi connectivity index (χ2n) is 6.16. The van der Waals surface area contributed by atoms with Crippen LogP contribution >= 0.6 is 11.3 Å². The Hall–Kier alpha value is -1.56. The number of urea groups is 1. The van der Waals surface area contributed by atoms with Gasteiger partial charge in [0.2, 0.25) is 5.91 Å². The lowest BCUT2D eigenvalue weighted by Crippen LogP contribution is -2.51. The molecule has 3 amide bonds. The lowest BCUT2D eigenvalue weighted by molar-refractivity contribution is -0.124. The first-order valence-electron chi connectivity index (χ1n) is 7.86. The van der Waals surface area contributed by atoms with E-state index in [1.807, 2.05) is 19.2 Å². The highest BCUT2D eigenvalue weighted by molar-refractivity contribution is 7.07. The number of nitrogens with one attached hydrogen (secondary N) is 2.